The van der Waals surface area contributed by atoms with E-state index in [1.165, 1.54) is 11.8 Å². The van der Waals surface area contributed by atoms with Gasteiger partial charge in [-0.15, -0.1) is 10.2 Å². The molecule has 2 aromatic rings. The van der Waals surface area contributed by atoms with Crippen molar-refractivity contribution in [3.8, 4) is 0 Å². The number of aryl methyl sites for hydroxylation is 1. The van der Waals surface area contributed by atoms with Crippen molar-refractivity contribution in [3.05, 3.63) is 36.7 Å². The van der Waals surface area contributed by atoms with Crippen molar-refractivity contribution >= 4 is 23.4 Å². The number of nitrogens with one attached hydrogen (secondary N) is 1. The van der Waals surface area contributed by atoms with Crippen LogP contribution in [-0.4, -0.2) is 25.9 Å². The minimum atomic E-state index is -0.229. The van der Waals surface area contributed by atoms with Gasteiger partial charge in [-0.25, -0.2) is 0 Å². The van der Waals surface area contributed by atoms with Crippen molar-refractivity contribution in [1.82, 2.24) is 14.8 Å². The van der Waals surface area contributed by atoms with E-state index in [2.05, 4.69) is 15.5 Å². The third kappa shape index (κ3) is 3.10. The van der Waals surface area contributed by atoms with Crippen LogP contribution >= 0.6 is 11.8 Å². The molecule has 0 fully saturated rings. The van der Waals surface area contributed by atoms with Gasteiger partial charge in [0.05, 0.1) is 5.25 Å². The molecular weight excluding hydrogens is 248 g/mol. The summed E-state index contributed by atoms with van der Waals surface area (Å²) >= 11 is 1.38. The Morgan fingerprint density at radius 3 is 2.72 bits per heavy atom. The topological polar surface area (TPSA) is 59.8 Å². The molecule has 18 heavy (non-hydrogen) atoms. The van der Waals surface area contributed by atoms with Crippen LogP contribution in [0.5, 0.6) is 0 Å². The second-order valence-electron chi connectivity index (χ2n) is 3.84. The summed E-state index contributed by atoms with van der Waals surface area (Å²) < 4.78 is 1.79. The highest BCUT2D eigenvalue weighted by Crippen LogP contribution is 2.21. The number of thioether (sulfide) groups is 1. The van der Waals surface area contributed by atoms with Gasteiger partial charge in [-0.1, -0.05) is 30.0 Å². The van der Waals surface area contributed by atoms with E-state index in [0.717, 1.165) is 10.8 Å². The van der Waals surface area contributed by atoms with Crippen LogP contribution < -0.4 is 5.32 Å². The molecular formula is C12H14N4OS. The number of nitrogens with zero attached hydrogens (tertiary/aromatic N) is 3. The Labute approximate surface area is 110 Å². The van der Waals surface area contributed by atoms with Crippen molar-refractivity contribution in [1.29, 1.82) is 0 Å². The van der Waals surface area contributed by atoms with Gasteiger partial charge in [-0.2, -0.15) is 0 Å². The molecule has 0 aliphatic rings. The predicted octanol–water partition coefficient (Wildman–Crippen LogP) is 1.93. The molecule has 1 aromatic carbocycles. The Morgan fingerprint density at radius 2 is 2.11 bits per heavy atom. The molecule has 0 radical (unpaired) electrons. The lowest BCUT2D eigenvalue weighted by molar-refractivity contribution is -0.115. The first-order valence-electron chi connectivity index (χ1n) is 5.53. The smallest absolute Gasteiger partial charge is 0.237 e. The molecule has 6 heteroatoms. The number of para-hydroxylation sites is 1. The lowest BCUT2D eigenvalue weighted by Gasteiger charge is -2.11. The van der Waals surface area contributed by atoms with Crippen LogP contribution in [0.15, 0.2) is 41.8 Å². The Balaban J connectivity index is 1.95. The van der Waals surface area contributed by atoms with Crippen molar-refractivity contribution in [2.24, 2.45) is 7.05 Å². The van der Waals surface area contributed by atoms with Gasteiger partial charge in [0, 0.05) is 12.7 Å². The van der Waals surface area contributed by atoms with Crippen LogP contribution in [0, 0.1) is 0 Å². The van der Waals surface area contributed by atoms with E-state index in [-0.39, 0.29) is 11.2 Å². The summed E-state index contributed by atoms with van der Waals surface area (Å²) in [6.07, 6.45) is 1.62. The van der Waals surface area contributed by atoms with Crippen LogP contribution in [0.1, 0.15) is 6.92 Å². The molecule has 0 aliphatic heterocycles. The summed E-state index contributed by atoms with van der Waals surface area (Å²) in [6, 6.07) is 9.40. The van der Waals surface area contributed by atoms with Gasteiger partial charge >= 0.3 is 0 Å². The number of benzene rings is 1. The van der Waals surface area contributed by atoms with Gasteiger partial charge in [0.1, 0.15) is 6.33 Å². The zero-order chi connectivity index (χ0) is 13.0. The van der Waals surface area contributed by atoms with Gasteiger partial charge < -0.3 is 9.88 Å². The molecule has 1 N–H and O–H groups in total. The maximum atomic E-state index is 12.0. The minimum Gasteiger partial charge on any atom is -0.325 e. The number of hydrogen-bond donors (Lipinski definition) is 1. The molecule has 1 amide bonds. The van der Waals surface area contributed by atoms with Gasteiger partial charge in [-0.05, 0) is 19.1 Å². The maximum Gasteiger partial charge on any atom is 0.237 e. The second-order valence-corrected chi connectivity index (χ2v) is 5.15. The molecule has 1 unspecified atom stereocenters. The van der Waals surface area contributed by atoms with Crippen molar-refractivity contribution in [2.45, 2.75) is 17.3 Å². The van der Waals surface area contributed by atoms with Gasteiger partial charge in [0.15, 0.2) is 5.16 Å². The number of aromatic nitrogens is 3. The Morgan fingerprint density at radius 1 is 1.39 bits per heavy atom. The zero-order valence-electron chi connectivity index (χ0n) is 10.2. The highest BCUT2D eigenvalue weighted by molar-refractivity contribution is 8.00. The fraction of sp³-hybridized carbons (Fsp3) is 0.250. The summed E-state index contributed by atoms with van der Waals surface area (Å²) in [6.45, 7) is 1.84. The van der Waals surface area contributed by atoms with Crippen LogP contribution in [0.4, 0.5) is 5.69 Å². The number of amides is 1. The predicted molar refractivity (Wildman–Crippen MR) is 71.4 cm³/mol. The Hall–Kier alpha value is -1.82. The monoisotopic (exact) mass is 262 g/mol. The molecule has 0 aliphatic carbocycles. The van der Waals surface area contributed by atoms with E-state index >= 15 is 0 Å². The van der Waals surface area contributed by atoms with Gasteiger partial charge in [0.25, 0.3) is 0 Å². The number of carbonyl (C=O) groups excluding carboxylic acids is 1. The van der Waals surface area contributed by atoms with Crippen molar-refractivity contribution in [3.63, 3.8) is 0 Å². The fourth-order valence-electron chi connectivity index (χ4n) is 1.36. The molecule has 1 heterocycles. The molecule has 0 saturated heterocycles. The van der Waals surface area contributed by atoms with Crippen LogP contribution in [0.25, 0.3) is 0 Å². The van der Waals surface area contributed by atoms with Crippen molar-refractivity contribution < 1.29 is 4.79 Å². The fourth-order valence-corrected chi connectivity index (χ4v) is 2.15. The first kappa shape index (κ1) is 12.6. The lowest BCUT2D eigenvalue weighted by Crippen LogP contribution is -2.22. The van der Waals surface area contributed by atoms with Crippen LogP contribution in [0.2, 0.25) is 0 Å². The molecule has 0 spiro atoms. The second kappa shape index (κ2) is 5.68. The highest BCUT2D eigenvalue weighted by atomic mass is 32.2. The average Bonchev–Trinajstić information content (AvgIpc) is 2.76. The summed E-state index contributed by atoms with van der Waals surface area (Å²) in [5, 5.41) is 11.1. The average molecular weight is 262 g/mol. The van der Waals surface area contributed by atoms with E-state index < -0.39 is 0 Å². The van der Waals surface area contributed by atoms with E-state index in [4.69, 9.17) is 0 Å². The van der Waals surface area contributed by atoms with E-state index in [1.54, 1.807) is 10.9 Å². The van der Waals surface area contributed by atoms with E-state index in [9.17, 15) is 4.79 Å². The largest absolute Gasteiger partial charge is 0.325 e. The molecule has 1 atom stereocenters. The summed E-state index contributed by atoms with van der Waals surface area (Å²) in [5.74, 6) is -0.0470. The van der Waals surface area contributed by atoms with E-state index in [1.807, 2.05) is 44.3 Å². The standard InChI is InChI=1S/C12H14N4OS/c1-9(18-12-15-13-8-16(12)2)11(17)14-10-6-4-3-5-7-10/h3-9H,1-2H3,(H,14,17). The third-order valence-electron chi connectivity index (χ3n) is 2.36. The summed E-state index contributed by atoms with van der Waals surface area (Å²) in [7, 11) is 1.85. The number of carbonyl (C=O) groups is 1. The van der Waals surface area contributed by atoms with Crippen LogP contribution in [-0.2, 0) is 11.8 Å². The quantitative estimate of drug-likeness (QED) is 0.855. The van der Waals surface area contributed by atoms with Gasteiger partial charge in [-0.3, -0.25) is 4.79 Å². The summed E-state index contributed by atoms with van der Waals surface area (Å²) in [5.41, 5.74) is 0.799. The highest BCUT2D eigenvalue weighted by Gasteiger charge is 2.16. The molecule has 0 bridgehead atoms. The van der Waals surface area contributed by atoms with E-state index in [0.29, 0.717) is 0 Å². The normalized spacial score (nSPS) is 12.1. The first-order chi connectivity index (χ1) is 8.66. The lowest BCUT2D eigenvalue weighted by atomic mass is 10.3. The molecule has 94 valence electrons. The molecule has 2 rings (SSSR count). The summed E-state index contributed by atoms with van der Waals surface area (Å²) in [4.78, 5) is 12.0. The Bertz CT molecular complexity index is 526. The number of anilines is 1. The van der Waals surface area contributed by atoms with Crippen LogP contribution in [0.3, 0.4) is 0 Å². The number of rotatable bonds is 4. The van der Waals surface area contributed by atoms with Gasteiger partial charge in [0.2, 0.25) is 5.91 Å². The SMILES string of the molecule is CC(Sc1nncn1C)C(=O)Nc1ccccc1. The number of hydrogen-bond acceptors (Lipinski definition) is 4. The third-order valence-corrected chi connectivity index (χ3v) is 3.51. The molecule has 1 aromatic heterocycles. The molecule has 5 nitrogen and oxygen atoms in total. The molecule has 0 saturated carbocycles. The van der Waals surface area contributed by atoms with Crippen molar-refractivity contribution in [2.75, 3.05) is 5.32 Å². The maximum absolute atomic E-state index is 12.0. The minimum absolute atomic E-state index is 0.0470. The Kier molecular flexibility index (Phi) is 3.99. The zero-order valence-corrected chi connectivity index (χ0v) is 11.0. The first-order valence-corrected chi connectivity index (χ1v) is 6.41.